The minimum Gasteiger partial charge on any atom is -0.478 e. The molecule has 4 amide bonds. The molecule has 1 unspecified atom stereocenters. The molecule has 1 saturated carbocycles. The van der Waals surface area contributed by atoms with Crippen LogP contribution in [0.2, 0.25) is 0 Å². The second-order valence-electron chi connectivity index (χ2n) is 13.2. The number of hydrogen-bond acceptors (Lipinski definition) is 7. The largest absolute Gasteiger partial charge is 0.478 e. The number of fused-ring (bicyclic) bond motifs is 2. The number of imidazole rings is 1. The highest BCUT2D eigenvalue weighted by Crippen LogP contribution is 2.36. The highest BCUT2D eigenvalue weighted by Gasteiger charge is 2.25. The maximum absolute atomic E-state index is 13.6. The number of aromatic amines is 1. The Morgan fingerprint density at radius 2 is 1.72 bits per heavy atom. The highest BCUT2D eigenvalue weighted by atomic mass is 16.4. The van der Waals surface area contributed by atoms with Crippen molar-refractivity contribution in [2.24, 2.45) is 5.73 Å². The predicted octanol–water partition coefficient (Wildman–Crippen LogP) is 5.06. The van der Waals surface area contributed by atoms with E-state index in [9.17, 15) is 24.0 Å². The topological polar surface area (TPSA) is 214 Å². The Labute approximate surface area is 302 Å². The first kappa shape index (κ1) is 34.7. The quantitative estimate of drug-likeness (QED) is 0.0995. The fourth-order valence-corrected chi connectivity index (χ4v) is 6.87. The Morgan fingerprint density at radius 3 is 2.43 bits per heavy atom. The Hall–Kier alpha value is -6.70. The predicted molar refractivity (Wildman–Crippen MR) is 196 cm³/mol. The van der Waals surface area contributed by atoms with Gasteiger partial charge in [-0.25, -0.2) is 9.78 Å². The Kier molecular flexibility index (Phi) is 9.75. The van der Waals surface area contributed by atoms with E-state index in [1.165, 1.54) is 18.6 Å². The van der Waals surface area contributed by atoms with Crippen molar-refractivity contribution in [3.8, 4) is 11.4 Å². The molecule has 53 heavy (non-hydrogen) atoms. The zero-order valence-corrected chi connectivity index (χ0v) is 28.6. The minimum atomic E-state index is -1.06. The third-order valence-electron chi connectivity index (χ3n) is 9.63. The number of carboxylic acid groups (broad SMARTS) is 1. The molecule has 1 aliphatic rings. The van der Waals surface area contributed by atoms with Crippen LogP contribution in [0.3, 0.4) is 0 Å². The van der Waals surface area contributed by atoms with E-state index in [1.54, 1.807) is 61.2 Å². The van der Waals surface area contributed by atoms with Crippen LogP contribution in [-0.2, 0) is 27.3 Å². The summed E-state index contributed by atoms with van der Waals surface area (Å²) in [5.74, 6) is -3.27. The van der Waals surface area contributed by atoms with Gasteiger partial charge in [-0.15, -0.1) is 0 Å². The van der Waals surface area contributed by atoms with E-state index in [4.69, 9.17) is 20.2 Å². The van der Waals surface area contributed by atoms with Gasteiger partial charge in [-0.2, -0.15) is 0 Å². The molecule has 270 valence electrons. The molecule has 0 bridgehead atoms. The molecule has 1 atom stereocenters. The third-order valence-corrected chi connectivity index (χ3v) is 9.63. The summed E-state index contributed by atoms with van der Waals surface area (Å²) >= 11 is 0. The van der Waals surface area contributed by atoms with Crippen LogP contribution >= 0.6 is 0 Å². The number of carbonyl (C=O) groups is 5. The van der Waals surface area contributed by atoms with Crippen LogP contribution in [-0.4, -0.2) is 55.3 Å². The number of furan rings is 1. The molecule has 1 fully saturated rings. The van der Waals surface area contributed by atoms with Crippen LogP contribution in [0.25, 0.3) is 33.3 Å². The van der Waals surface area contributed by atoms with Gasteiger partial charge in [0, 0.05) is 47.4 Å². The van der Waals surface area contributed by atoms with Crippen molar-refractivity contribution in [2.75, 3.05) is 5.32 Å². The van der Waals surface area contributed by atoms with Gasteiger partial charge >= 0.3 is 17.8 Å². The van der Waals surface area contributed by atoms with Gasteiger partial charge in [-0.3, -0.25) is 19.2 Å². The lowest BCUT2D eigenvalue weighted by Crippen LogP contribution is -2.45. The lowest BCUT2D eigenvalue weighted by molar-refractivity contribution is -0.136. The zero-order chi connectivity index (χ0) is 37.1. The normalized spacial score (nSPS) is 13.8. The molecule has 3 aromatic heterocycles. The summed E-state index contributed by atoms with van der Waals surface area (Å²) in [6.07, 6.45) is 10.6. The number of hydrogen-bond donors (Lipinski definition) is 6. The highest BCUT2D eigenvalue weighted by molar-refractivity contribution is 6.39. The van der Waals surface area contributed by atoms with E-state index in [1.807, 2.05) is 12.1 Å². The van der Waals surface area contributed by atoms with Crippen LogP contribution in [0, 0.1) is 0 Å². The third kappa shape index (κ3) is 7.52. The summed E-state index contributed by atoms with van der Waals surface area (Å²) in [5.41, 5.74) is 11.0. The molecule has 3 aromatic carbocycles. The lowest BCUT2D eigenvalue weighted by Gasteiger charge is -2.25. The summed E-state index contributed by atoms with van der Waals surface area (Å²) < 4.78 is 7.61. The molecule has 1 aliphatic carbocycles. The number of nitrogens with zero attached hydrogens (tertiary/aromatic N) is 2. The fraction of sp³-hybridized carbons (Fsp3) is 0.231. The van der Waals surface area contributed by atoms with Gasteiger partial charge in [0.25, 0.3) is 5.91 Å². The van der Waals surface area contributed by atoms with Gasteiger partial charge in [0.05, 0.1) is 28.4 Å². The van der Waals surface area contributed by atoms with E-state index in [0.29, 0.717) is 38.8 Å². The number of nitrogens with two attached hydrogens (primary N) is 1. The molecular weight excluding hydrogens is 678 g/mol. The maximum atomic E-state index is 13.6. The molecule has 3 heterocycles. The summed E-state index contributed by atoms with van der Waals surface area (Å²) in [4.78, 5) is 70.5. The van der Waals surface area contributed by atoms with E-state index in [-0.39, 0.29) is 24.6 Å². The summed E-state index contributed by atoms with van der Waals surface area (Å²) in [7, 11) is 0. The number of nitrogens with one attached hydrogen (secondary N) is 4. The number of carbonyl (C=O) groups excluding carboxylic acids is 4. The number of benzene rings is 3. The SMILES string of the molecule is NC(=O)C(Cc1c[nH]c2ccc(NC(=O)C(=O)NCc3ccc(C(=O)O)cc3)cc12)NC(=O)c1ccc2c(c1)nc(-c1ccoc1)n2C1CCCCC1. The minimum absolute atomic E-state index is 0.0251. The number of rotatable bonds is 11. The average molecular weight is 716 g/mol. The number of H-pyrrole nitrogens is 1. The smallest absolute Gasteiger partial charge is 0.335 e. The number of primary amides is 1. The van der Waals surface area contributed by atoms with Crippen molar-refractivity contribution in [3.05, 3.63) is 108 Å². The number of aromatic carboxylic acids is 1. The molecule has 0 saturated heterocycles. The van der Waals surface area contributed by atoms with Crippen LogP contribution in [0.4, 0.5) is 5.69 Å². The molecule has 14 nitrogen and oxygen atoms in total. The number of aromatic nitrogens is 3. The second-order valence-corrected chi connectivity index (χ2v) is 13.2. The Bertz CT molecular complexity index is 2340. The summed E-state index contributed by atoms with van der Waals surface area (Å²) in [6.45, 7) is 0.0251. The monoisotopic (exact) mass is 715 g/mol. The van der Waals surface area contributed by atoms with Gasteiger partial charge in [-0.1, -0.05) is 31.4 Å². The zero-order valence-electron chi connectivity index (χ0n) is 28.6. The van der Waals surface area contributed by atoms with Crippen molar-refractivity contribution >= 4 is 57.2 Å². The Balaban J connectivity index is 1.04. The molecule has 0 radical (unpaired) electrons. The molecule has 14 heteroatoms. The van der Waals surface area contributed by atoms with Crippen LogP contribution in [0.15, 0.2) is 89.9 Å². The molecule has 0 spiro atoms. The first-order chi connectivity index (χ1) is 25.6. The van der Waals surface area contributed by atoms with E-state index in [0.717, 1.165) is 42.6 Å². The van der Waals surface area contributed by atoms with Crippen molar-refractivity contribution < 1.29 is 33.5 Å². The number of anilines is 1. The molecule has 7 rings (SSSR count). The first-order valence-electron chi connectivity index (χ1n) is 17.3. The van der Waals surface area contributed by atoms with Crippen molar-refractivity contribution in [1.29, 1.82) is 0 Å². The fourth-order valence-electron chi connectivity index (χ4n) is 6.87. The van der Waals surface area contributed by atoms with E-state index >= 15 is 0 Å². The van der Waals surface area contributed by atoms with Crippen molar-refractivity contribution in [2.45, 2.75) is 57.2 Å². The van der Waals surface area contributed by atoms with Gasteiger partial charge in [-0.05, 0) is 78.6 Å². The van der Waals surface area contributed by atoms with Crippen LogP contribution < -0.4 is 21.7 Å². The summed E-state index contributed by atoms with van der Waals surface area (Å²) in [6, 6.07) is 17.4. The van der Waals surface area contributed by atoms with Gasteiger partial charge in [0.15, 0.2) is 0 Å². The average Bonchev–Trinajstić information content (AvgIpc) is 3.93. The van der Waals surface area contributed by atoms with Gasteiger partial charge in [0.1, 0.15) is 18.1 Å². The molecule has 0 aliphatic heterocycles. The standard InChI is InChI=1S/C39H37N7O7/c40-34(47)32(45-36(48)24-10-13-33-31(16-24)44-35(25-14-15-53-21-25)46(33)28-4-2-1-3-5-28)17-26-20-41-30-12-11-27(18-29(26)30)43-38(50)37(49)42-19-22-6-8-23(9-7-22)39(51)52/h6-16,18,20-21,28,32,41H,1-5,17,19H2,(H2,40,47)(H,42,49)(H,43,50)(H,45,48)(H,51,52). The van der Waals surface area contributed by atoms with Crippen LogP contribution in [0.1, 0.15) is 70.0 Å². The first-order valence-corrected chi connectivity index (χ1v) is 17.3. The van der Waals surface area contributed by atoms with Crippen molar-refractivity contribution in [1.82, 2.24) is 25.2 Å². The Morgan fingerprint density at radius 1 is 0.943 bits per heavy atom. The van der Waals surface area contributed by atoms with Gasteiger partial charge < -0.3 is 40.8 Å². The summed E-state index contributed by atoms with van der Waals surface area (Å²) in [5, 5.41) is 17.6. The second kappa shape index (κ2) is 14.9. The van der Waals surface area contributed by atoms with Crippen LogP contribution in [0.5, 0.6) is 0 Å². The van der Waals surface area contributed by atoms with E-state index < -0.39 is 35.6 Å². The molecular formula is C39H37N7O7. The number of amides is 4. The van der Waals surface area contributed by atoms with E-state index in [2.05, 4.69) is 25.5 Å². The molecule has 6 aromatic rings. The molecule has 7 N–H and O–H groups in total. The lowest BCUT2D eigenvalue weighted by atomic mass is 9.95. The maximum Gasteiger partial charge on any atom is 0.335 e. The van der Waals surface area contributed by atoms with Gasteiger partial charge in [0.2, 0.25) is 5.91 Å². The number of carboxylic acids is 1. The van der Waals surface area contributed by atoms with Crippen molar-refractivity contribution in [3.63, 3.8) is 0 Å².